The lowest BCUT2D eigenvalue weighted by atomic mass is 10.2. The van der Waals surface area contributed by atoms with Gasteiger partial charge in [0.05, 0.1) is 5.69 Å². The summed E-state index contributed by atoms with van der Waals surface area (Å²) in [6, 6.07) is 19.8. The van der Waals surface area contributed by atoms with Crippen molar-refractivity contribution in [1.29, 1.82) is 0 Å². The molecule has 11 heteroatoms. The van der Waals surface area contributed by atoms with Crippen LogP contribution in [0.1, 0.15) is 12.8 Å². The Bertz CT molecular complexity index is 1400. The molecule has 0 unspecified atom stereocenters. The Morgan fingerprint density at radius 1 is 0.974 bits per heavy atom. The monoisotopic (exact) mass is 527 g/mol. The number of hydrogen-bond donors (Lipinski definition) is 3. The number of aromatic nitrogens is 5. The number of carbonyl (C=O) groups is 1. The molecule has 194 valence electrons. The first-order chi connectivity index (χ1) is 18.6. The first-order valence-corrected chi connectivity index (χ1v) is 13.6. The topological polar surface area (TPSA) is 115 Å². The summed E-state index contributed by atoms with van der Waals surface area (Å²) in [4.78, 5) is 31.7. The van der Waals surface area contributed by atoms with Gasteiger partial charge in [0.15, 0.2) is 11.0 Å². The zero-order chi connectivity index (χ0) is 25.9. The quantitative estimate of drug-likeness (QED) is 0.309. The molecule has 0 radical (unpaired) electrons. The van der Waals surface area contributed by atoms with Crippen LogP contribution in [0.15, 0.2) is 70.7 Å². The highest BCUT2D eigenvalue weighted by atomic mass is 32.2. The molecule has 3 N–H and O–H groups in total. The smallest absolute Gasteiger partial charge is 0.234 e. The molecule has 4 aromatic rings. The summed E-state index contributed by atoms with van der Waals surface area (Å²) < 4.78 is 0. The van der Waals surface area contributed by atoms with E-state index in [-0.39, 0.29) is 11.8 Å². The second-order valence-corrected chi connectivity index (χ2v) is 10.6. The molecule has 0 bridgehead atoms. The van der Waals surface area contributed by atoms with Crippen LogP contribution in [-0.4, -0.2) is 69.2 Å². The maximum absolute atomic E-state index is 12.1. The van der Waals surface area contributed by atoms with Crippen LogP contribution in [0.5, 0.6) is 0 Å². The number of hydrogen-bond acceptors (Lipinski definition) is 9. The van der Waals surface area contributed by atoms with Crippen molar-refractivity contribution in [2.24, 2.45) is 5.92 Å². The second-order valence-electron chi connectivity index (χ2n) is 9.58. The van der Waals surface area contributed by atoms with Gasteiger partial charge >= 0.3 is 0 Å². The van der Waals surface area contributed by atoms with Crippen molar-refractivity contribution in [3.05, 3.63) is 60.7 Å². The molecule has 2 aliphatic rings. The predicted molar refractivity (Wildman–Crippen MR) is 149 cm³/mol. The van der Waals surface area contributed by atoms with Crippen molar-refractivity contribution in [3.8, 4) is 11.3 Å². The highest BCUT2D eigenvalue weighted by Crippen LogP contribution is 2.32. The average Bonchev–Trinajstić information content (AvgIpc) is 3.69. The van der Waals surface area contributed by atoms with E-state index in [1.165, 1.54) is 11.8 Å². The van der Waals surface area contributed by atoms with Gasteiger partial charge in [0.1, 0.15) is 0 Å². The summed E-state index contributed by atoms with van der Waals surface area (Å²) in [6.07, 6.45) is 1.97. The van der Waals surface area contributed by atoms with Crippen LogP contribution < -0.4 is 15.5 Å². The van der Waals surface area contributed by atoms with Crippen molar-refractivity contribution < 1.29 is 4.79 Å². The molecule has 10 nitrogen and oxygen atoms in total. The highest BCUT2D eigenvalue weighted by Gasteiger charge is 2.29. The zero-order valence-corrected chi connectivity index (χ0v) is 21.9. The van der Waals surface area contributed by atoms with Gasteiger partial charge in [-0.1, -0.05) is 30.3 Å². The van der Waals surface area contributed by atoms with E-state index in [2.05, 4.69) is 42.7 Å². The Morgan fingerprint density at radius 3 is 2.47 bits per heavy atom. The third-order valence-electron chi connectivity index (χ3n) is 6.57. The summed E-state index contributed by atoms with van der Waals surface area (Å²) in [5.74, 6) is 1.99. The van der Waals surface area contributed by atoms with Crippen LogP contribution in [0.3, 0.4) is 0 Å². The fourth-order valence-corrected chi connectivity index (χ4v) is 4.91. The largest absolute Gasteiger partial charge is 0.338 e. The lowest BCUT2D eigenvalue weighted by Crippen LogP contribution is -2.45. The van der Waals surface area contributed by atoms with Crippen molar-refractivity contribution in [1.82, 2.24) is 30.0 Å². The van der Waals surface area contributed by atoms with E-state index < -0.39 is 0 Å². The maximum Gasteiger partial charge on any atom is 0.234 e. The molecule has 2 fully saturated rings. The molecule has 1 aliphatic carbocycles. The molecule has 0 atom stereocenters. The Balaban J connectivity index is 1.22. The normalized spacial score (nSPS) is 15.9. The van der Waals surface area contributed by atoms with E-state index >= 15 is 0 Å². The van der Waals surface area contributed by atoms with E-state index in [1.54, 1.807) is 0 Å². The van der Waals surface area contributed by atoms with E-state index in [4.69, 9.17) is 9.97 Å². The number of nitrogens with one attached hydrogen (secondary N) is 3. The molecule has 6 rings (SSSR count). The average molecular weight is 528 g/mol. The Labute approximate surface area is 225 Å². The minimum atomic E-state index is 0.101. The van der Waals surface area contributed by atoms with Crippen LogP contribution in [-0.2, 0) is 4.79 Å². The Hall–Kier alpha value is -3.96. The molecular formula is C27H29N9OS. The van der Waals surface area contributed by atoms with Crippen molar-refractivity contribution in [2.45, 2.75) is 22.9 Å². The molecule has 2 aromatic heterocycles. The predicted octanol–water partition coefficient (Wildman–Crippen LogP) is 4.26. The molecule has 0 spiro atoms. The first-order valence-electron chi connectivity index (χ1n) is 12.8. The number of anilines is 4. The van der Waals surface area contributed by atoms with E-state index in [0.717, 1.165) is 60.9 Å². The van der Waals surface area contributed by atoms with Gasteiger partial charge in [-0.2, -0.15) is 20.1 Å². The van der Waals surface area contributed by atoms with Crippen molar-refractivity contribution in [3.63, 3.8) is 0 Å². The van der Waals surface area contributed by atoms with Gasteiger partial charge in [-0.3, -0.25) is 9.89 Å². The summed E-state index contributed by atoms with van der Waals surface area (Å²) in [7, 11) is 2.12. The standard InChI is InChI=1S/C27H29N9OS/c1-35-13-15-36(16-14-35)26-30-25(29-23-17-22(33-34-23)18-5-3-2-4-6-18)31-27(32-26)38-21-11-9-20(10-12-21)28-24(37)19-7-8-19/h2-6,9-12,17,19H,7-8,13-16H2,1H3,(H,28,37)(H2,29,30,31,32,33,34). The van der Waals surface area contributed by atoms with Crippen LogP contribution >= 0.6 is 11.8 Å². The molecular weight excluding hydrogens is 498 g/mol. The van der Waals surface area contributed by atoms with Crippen LogP contribution in [0, 0.1) is 5.92 Å². The molecule has 2 aromatic carbocycles. The van der Waals surface area contributed by atoms with E-state index in [0.29, 0.717) is 22.9 Å². The van der Waals surface area contributed by atoms with E-state index in [9.17, 15) is 4.79 Å². The number of amides is 1. The van der Waals surface area contributed by atoms with Gasteiger partial charge < -0.3 is 20.4 Å². The number of nitrogens with zero attached hydrogens (tertiary/aromatic N) is 6. The number of aromatic amines is 1. The summed E-state index contributed by atoms with van der Waals surface area (Å²) >= 11 is 1.46. The number of rotatable bonds is 8. The molecule has 38 heavy (non-hydrogen) atoms. The Morgan fingerprint density at radius 2 is 1.74 bits per heavy atom. The zero-order valence-electron chi connectivity index (χ0n) is 21.1. The fourth-order valence-electron chi connectivity index (χ4n) is 4.16. The first kappa shape index (κ1) is 24.4. The number of benzene rings is 2. The van der Waals surface area contributed by atoms with Crippen LogP contribution in [0.4, 0.5) is 23.4 Å². The molecule has 1 saturated heterocycles. The van der Waals surface area contributed by atoms with Gasteiger partial charge in [0.2, 0.25) is 17.8 Å². The second kappa shape index (κ2) is 10.8. The van der Waals surface area contributed by atoms with E-state index in [1.807, 2.05) is 60.7 Å². The van der Waals surface area contributed by atoms with Gasteiger partial charge in [-0.15, -0.1) is 0 Å². The van der Waals surface area contributed by atoms with Crippen LogP contribution in [0.2, 0.25) is 0 Å². The molecule has 1 saturated carbocycles. The minimum Gasteiger partial charge on any atom is -0.338 e. The number of piperazine rings is 1. The lowest BCUT2D eigenvalue weighted by molar-refractivity contribution is -0.117. The highest BCUT2D eigenvalue weighted by molar-refractivity contribution is 7.99. The lowest BCUT2D eigenvalue weighted by Gasteiger charge is -2.32. The number of likely N-dealkylation sites (N-methyl/N-ethyl adjacent to an activating group) is 1. The van der Waals surface area contributed by atoms with Crippen molar-refractivity contribution in [2.75, 3.05) is 48.8 Å². The van der Waals surface area contributed by atoms with Crippen LogP contribution in [0.25, 0.3) is 11.3 Å². The van der Waals surface area contributed by atoms with Gasteiger partial charge in [0, 0.05) is 48.7 Å². The number of carbonyl (C=O) groups excluding carboxylic acids is 1. The van der Waals surface area contributed by atoms with Crippen molar-refractivity contribution >= 4 is 41.1 Å². The minimum absolute atomic E-state index is 0.101. The molecule has 1 aliphatic heterocycles. The van der Waals surface area contributed by atoms with Gasteiger partial charge in [0.25, 0.3) is 0 Å². The summed E-state index contributed by atoms with van der Waals surface area (Å²) in [5, 5.41) is 14.3. The third kappa shape index (κ3) is 5.95. The fraction of sp³-hybridized carbons (Fsp3) is 0.296. The maximum atomic E-state index is 12.1. The molecule has 1 amide bonds. The number of H-pyrrole nitrogens is 1. The van der Waals surface area contributed by atoms with Gasteiger partial charge in [-0.05, 0) is 61.5 Å². The Kier molecular flexibility index (Phi) is 6.93. The summed E-state index contributed by atoms with van der Waals surface area (Å²) in [5.41, 5.74) is 2.76. The van der Waals surface area contributed by atoms with Gasteiger partial charge in [-0.25, -0.2) is 0 Å². The SMILES string of the molecule is CN1CCN(c2nc(Nc3cc(-c4ccccc4)[nH]n3)nc(Sc3ccc(NC(=O)C4CC4)cc3)n2)CC1. The third-order valence-corrected chi connectivity index (χ3v) is 7.44. The molecule has 3 heterocycles. The summed E-state index contributed by atoms with van der Waals surface area (Å²) in [6.45, 7) is 3.59.